The van der Waals surface area contributed by atoms with Crippen LogP contribution in [-0.2, 0) is 15.6 Å². The quantitative estimate of drug-likeness (QED) is 0.407. The van der Waals surface area contributed by atoms with E-state index in [9.17, 15) is 18.5 Å². The minimum atomic E-state index is -3.76. The summed E-state index contributed by atoms with van der Waals surface area (Å²) in [5.74, 6) is -0.925. The van der Waals surface area contributed by atoms with Crippen molar-refractivity contribution >= 4 is 53.2 Å². The second-order valence-corrected chi connectivity index (χ2v) is 9.17. The summed E-state index contributed by atoms with van der Waals surface area (Å²) in [6, 6.07) is 8.01. The van der Waals surface area contributed by atoms with Crippen LogP contribution >= 0.6 is 31.9 Å². The smallest absolute Gasteiger partial charge is 0.352 e. The topological polar surface area (TPSA) is 94.6 Å². The molecule has 0 radical (unpaired) electrons. The van der Waals surface area contributed by atoms with Gasteiger partial charge >= 0.3 is 5.82 Å². The Balaban J connectivity index is 2.15. The average molecular weight is 489 g/mol. The molecule has 0 atom stereocenters. The molecule has 0 aliphatic carbocycles. The molecule has 0 spiro atoms. The lowest BCUT2D eigenvalue weighted by Gasteiger charge is -2.03. The van der Waals surface area contributed by atoms with Crippen LogP contribution in [0.25, 0.3) is 5.65 Å². The lowest BCUT2D eigenvalue weighted by Crippen LogP contribution is -2.07. The van der Waals surface area contributed by atoms with Gasteiger partial charge in [0.25, 0.3) is 0 Å². The molecule has 0 N–H and O–H groups in total. The number of aromatic nitrogens is 2. The van der Waals surface area contributed by atoms with E-state index < -0.39 is 20.5 Å². The Bertz CT molecular complexity index is 1090. The Morgan fingerprint density at radius 3 is 2.48 bits per heavy atom. The first-order valence-corrected chi connectivity index (χ1v) is 10.2. The summed E-state index contributed by atoms with van der Waals surface area (Å²) in [6.45, 7) is 1.85. The number of imidazole rings is 1. The first-order valence-electron chi connectivity index (χ1n) is 6.99. The molecule has 0 saturated carbocycles. The van der Waals surface area contributed by atoms with Gasteiger partial charge in [-0.3, -0.25) is 0 Å². The number of sulfone groups is 1. The number of halogens is 2. The molecule has 0 amide bonds. The van der Waals surface area contributed by atoms with E-state index in [1.165, 1.54) is 22.7 Å². The first-order chi connectivity index (χ1) is 11.7. The lowest BCUT2D eigenvalue weighted by molar-refractivity contribution is -0.391. The van der Waals surface area contributed by atoms with E-state index in [2.05, 4.69) is 36.8 Å². The van der Waals surface area contributed by atoms with Crippen LogP contribution in [0.1, 0.15) is 11.3 Å². The second-order valence-electron chi connectivity index (χ2n) is 5.41. The van der Waals surface area contributed by atoms with Crippen LogP contribution in [0.2, 0.25) is 0 Å². The van der Waals surface area contributed by atoms with Crippen molar-refractivity contribution in [3.63, 3.8) is 0 Å². The van der Waals surface area contributed by atoms with Crippen molar-refractivity contribution in [2.75, 3.05) is 0 Å². The summed E-state index contributed by atoms with van der Waals surface area (Å²) in [7, 11) is -3.76. The number of nitro groups is 1. The summed E-state index contributed by atoms with van der Waals surface area (Å²) in [4.78, 5) is 15.2. The van der Waals surface area contributed by atoms with E-state index in [1.54, 1.807) is 18.2 Å². The molecule has 0 fully saturated rings. The molecule has 10 heteroatoms. The summed E-state index contributed by atoms with van der Waals surface area (Å²) in [6.07, 6.45) is 1.48. The van der Waals surface area contributed by atoms with Crippen LogP contribution in [0.5, 0.6) is 0 Å². The molecule has 7 nitrogen and oxygen atoms in total. The zero-order chi connectivity index (χ0) is 18.4. The van der Waals surface area contributed by atoms with Gasteiger partial charge < -0.3 is 10.1 Å². The lowest BCUT2D eigenvalue weighted by atomic mass is 10.2. The maximum atomic E-state index is 12.6. The zero-order valence-corrected chi connectivity index (χ0v) is 16.8. The maximum absolute atomic E-state index is 12.6. The van der Waals surface area contributed by atoms with E-state index >= 15 is 0 Å². The van der Waals surface area contributed by atoms with Crippen LogP contribution in [0, 0.1) is 17.0 Å². The Labute approximate surface area is 160 Å². The number of rotatable bonds is 4. The highest BCUT2D eigenvalue weighted by molar-refractivity contribution is 9.11. The molecule has 0 aliphatic rings. The third-order valence-corrected chi connectivity index (χ3v) is 6.23. The molecular formula is C15H11Br2N3O4S. The van der Waals surface area contributed by atoms with Gasteiger partial charge in [0.1, 0.15) is 11.9 Å². The molecule has 130 valence electrons. The van der Waals surface area contributed by atoms with E-state index in [0.717, 1.165) is 5.56 Å². The number of fused-ring (bicyclic) bond motifs is 1. The van der Waals surface area contributed by atoms with Crippen LogP contribution in [-0.4, -0.2) is 22.7 Å². The number of benzene rings is 1. The molecule has 3 aromatic rings. The van der Waals surface area contributed by atoms with Gasteiger partial charge in [0.05, 0.1) is 13.8 Å². The van der Waals surface area contributed by atoms with Crippen LogP contribution < -0.4 is 0 Å². The summed E-state index contributed by atoms with van der Waals surface area (Å²) >= 11 is 6.55. The van der Waals surface area contributed by atoms with Gasteiger partial charge in [0.2, 0.25) is 5.65 Å². The fourth-order valence-corrected chi connectivity index (χ4v) is 4.95. The van der Waals surface area contributed by atoms with Crippen molar-refractivity contribution in [2.24, 2.45) is 0 Å². The van der Waals surface area contributed by atoms with Crippen molar-refractivity contribution in [3.8, 4) is 0 Å². The van der Waals surface area contributed by atoms with Gasteiger partial charge in [0, 0.05) is 0 Å². The van der Waals surface area contributed by atoms with Crippen LogP contribution in [0.3, 0.4) is 0 Å². The number of aryl methyl sites for hydroxylation is 1. The SMILES string of the molecule is Cc1ccc(S(=O)(=O)Cc2nc3c(Br)cc(Br)cn3c2[N+](=O)[O-])cc1. The molecule has 25 heavy (non-hydrogen) atoms. The Morgan fingerprint density at radius 1 is 1.24 bits per heavy atom. The summed E-state index contributed by atoms with van der Waals surface area (Å²) < 4.78 is 27.6. The third-order valence-electron chi connectivity index (χ3n) is 3.57. The van der Waals surface area contributed by atoms with E-state index in [1.807, 2.05) is 6.92 Å². The molecule has 2 heterocycles. The zero-order valence-electron chi connectivity index (χ0n) is 12.8. The standard InChI is InChI=1S/C15H11Br2N3O4S/c1-9-2-4-11(5-3-9)25(23,24)8-13-15(20(21)22)19-7-10(16)6-12(17)14(19)18-13/h2-7H,8H2,1H3. The largest absolute Gasteiger partial charge is 0.358 e. The molecule has 3 rings (SSSR count). The van der Waals surface area contributed by atoms with Crippen LogP contribution in [0.15, 0.2) is 50.4 Å². The van der Waals surface area contributed by atoms with Crippen molar-refractivity contribution < 1.29 is 13.3 Å². The van der Waals surface area contributed by atoms with E-state index in [0.29, 0.717) is 8.95 Å². The minimum absolute atomic E-state index is 0.102. The molecule has 0 unspecified atom stereocenters. The molecule has 2 aromatic heterocycles. The third kappa shape index (κ3) is 3.46. The first kappa shape index (κ1) is 18.0. The summed E-state index contributed by atoms with van der Waals surface area (Å²) in [5, 5.41) is 11.5. The number of hydrogen-bond donors (Lipinski definition) is 0. The Hall–Kier alpha value is -1.78. The van der Waals surface area contributed by atoms with Gasteiger partial charge in [-0.2, -0.15) is 4.40 Å². The van der Waals surface area contributed by atoms with Gasteiger partial charge in [0.15, 0.2) is 15.5 Å². The highest BCUT2D eigenvalue weighted by atomic mass is 79.9. The second kappa shape index (κ2) is 6.50. The molecule has 0 saturated heterocycles. The van der Waals surface area contributed by atoms with E-state index in [4.69, 9.17) is 0 Å². The fraction of sp³-hybridized carbons (Fsp3) is 0.133. The minimum Gasteiger partial charge on any atom is -0.358 e. The van der Waals surface area contributed by atoms with Crippen molar-refractivity contribution in [2.45, 2.75) is 17.6 Å². The Kier molecular flexibility index (Phi) is 4.69. The van der Waals surface area contributed by atoms with Crippen molar-refractivity contribution in [3.05, 3.63) is 66.8 Å². The monoisotopic (exact) mass is 487 g/mol. The average Bonchev–Trinajstić information content (AvgIpc) is 2.85. The summed E-state index contributed by atoms with van der Waals surface area (Å²) in [5.41, 5.74) is 1.10. The van der Waals surface area contributed by atoms with Crippen molar-refractivity contribution in [1.29, 1.82) is 0 Å². The predicted molar refractivity (Wildman–Crippen MR) is 99.3 cm³/mol. The number of hydrogen-bond acceptors (Lipinski definition) is 5. The van der Waals surface area contributed by atoms with Gasteiger partial charge in [-0.1, -0.05) is 17.7 Å². The molecule has 0 bridgehead atoms. The van der Waals surface area contributed by atoms with Crippen LogP contribution in [0.4, 0.5) is 5.82 Å². The highest BCUT2D eigenvalue weighted by Crippen LogP contribution is 2.30. The fourth-order valence-electron chi connectivity index (χ4n) is 2.41. The Morgan fingerprint density at radius 2 is 1.88 bits per heavy atom. The highest BCUT2D eigenvalue weighted by Gasteiger charge is 2.29. The number of nitrogens with zero attached hydrogens (tertiary/aromatic N) is 3. The van der Waals surface area contributed by atoms with Crippen molar-refractivity contribution in [1.82, 2.24) is 9.38 Å². The number of pyridine rings is 1. The van der Waals surface area contributed by atoms with Gasteiger partial charge in [-0.05, 0) is 61.9 Å². The molecular weight excluding hydrogens is 478 g/mol. The molecule has 1 aromatic carbocycles. The molecule has 0 aliphatic heterocycles. The van der Waals surface area contributed by atoms with Gasteiger partial charge in [-0.15, -0.1) is 0 Å². The van der Waals surface area contributed by atoms with E-state index in [-0.39, 0.29) is 22.1 Å². The normalized spacial score (nSPS) is 11.8. The maximum Gasteiger partial charge on any atom is 0.352 e. The van der Waals surface area contributed by atoms with Gasteiger partial charge in [-0.25, -0.2) is 13.4 Å². The predicted octanol–water partition coefficient (Wildman–Crippen LogP) is 4.05.